The Morgan fingerprint density at radius 2 is 1.89 bits per heavy atom. The largest absolute Gasteiger partial charge is 0.464 e. The van der Waals surface area contributed by atoms with Crippen LogP contribution in [0.25, 0.3) is 22.2 Å². The number of fused-ring (bicyclic) bond motifs is 2. The van der Waals surface area contributed by atoms with Crippen LogP contribution in [0, 0.1) is 0 Å². The first-order valence-electron chi connectivity index (χ1n) is 6.87. The van der Waals surface area contributed by atoms with Gasteiger partial charge < -0.3 is 4.42 Å². The second kappa shape index (κ2) is 4.23. The standard InChI is InChI=1S/C17H15NO/c1-2-6-13-12(5-1)9-10-18-17(13)15-11-19-16-8-4-3-7-14(15)16/h3-4,7-11H,1-2,5-6H2. The topological polar surface area (TPSA) is 26.0 Å². The lowest BCUT2D eigenvalue weighted by molar-refractivity contribution is 0.616. The zero-order valence-electron chi connectivity index (χ0n) is 10.7. The van der Waals surface area contributed by atoms with Gasteiger partial charge in [0.25, 0.3) is 0 Å². The molecule has 2 aromatic heterocycles. The summed E-state index contributed by atoms with van der Waals surface area (Å²) in [5.74, 6) is 0. The van der Waals surface area contributed by atoms with Gasteiger partial charge >= 0.3 is 0 Å². The van der Waals surface area contributed by atoms with E-state index in [0.29, 0.717) is 0 Å². The predicted molar refractivity (Wildman–Crippen MR) is 76.1 cm³/mol. The highest BCUT2D eigenvalue weighted by molar-refractivity contribution is 5.93. The first-order chi connectivity index (χ1) is 9.43. The van der Waals surface area contributed by atoms with E-state index in [2.05, 4.69) is 23.2 Å². The van der Waals surface area contributed by atoms with Crippen molar-refractivity contribution in [2.24, 2.45) is 0 Å². The summed E-state index contributed by atoms with van der Waals surface area (Å²) in [6, 6.07) is 10.3. The Morgan fingerprint density at radius 1 is 1.00 bits per heavy atom. The van der Waals surface area contributed by atoms with Crippen molar-refractivity contribution in [1.29, 1.82) is 0 Å². The Balaban J connectivity index is 1.97. The molecule has 0 radical (unpaired) electrons. The lowest BCUT2D eigenvalue weighted by atomic mass is 9.89. The molecule has 0 bridgehead atoms. The summed E-state index contributed by atoms with van der Waals surface area (Å²) in [7, 11) is 0. The molecule has 0 saturated carbocycles. The van der Waals surface area contributed by atoms with E-state index in [9.17, 15) is 0 Å². The third-order valence-electron chi connectivity index (χ3n) is 4.01. The molecular weight excluding hydrogens is 234 g/mol. The van der Waals surface area contributed by atoms with Crippen molar-refractivity contribution in [2.75, 3.05) is 0 Å². The molecule has 19 heavy (non-hydrogen) atoms. The van der Waals surface area contributed by atoms with Crippen LogP contribution in [0.1, 0.15) is 24.0 Å². The van der Waals surface area contributed by atoms with Crippen molar-refractivity contribution in [3.05, 3.63) is 53.9 Å². The Bertz CT molecular complexity index is 742. The van der Waals surface area contributed by atoms with Gasteiger partial charge in [0.2, 0.25) is 0 Å². The zero-order valence-corrected chi connectivity index (χ0v) is 10.7. The predicted octanol–water partition coefficient (Wildman–Crippen LogP) is 4.37. The minimum atomic E-state index is 0.938. The van der Waals surface area contributed by atoms with Crippen LogP contribution in [0.3, 0.4) is 0 Å². The highest BCUT2D eigenvalue weighted by Gasteiger charge is 2.17. The maximum Gasteiger partial charge on any atom is 0.134 e. The van der Waals surface area contributed by atoms with Gasteiger partial charge in [-0.1, -0.05) is 18.2 Å². The number of aromatic nitrogens is 1. The second-order valence-corrected chi connectivity index (χ2v) is 5.15. The Morgan fingerprint density at radius 3 is 2.89 bits per heavy atom. The number of para-hydroxylation sites is 1. The second-order valence-electron chi connectivity index (χ2n) is 5.15. The number of benzene rings is 1. The van der Waals surface area contributed by atoms with Crippen molar-refractivity contribution >= 4 is 11.0 Å². The number of hydrogen-bond acceptors (Lipinski definition) is 2. The van der Waals surface area contributed by atoms with Crippen molar-refractivity contribution in [3.8, 4) is 11.3 Å². The summed E-state index contributed by atoms with van der Waals surface area (Å²) in [5, 5.41) is 1.16. The highest BCUT2D eigenvalue weighted by atomic mass is 16.3. The van der Waals surface area contributed by atoms with Crippen LogP contribution in [0.15, 0.2) is 47.2 Å². The average Bonchev–Trinajstić information content (AvgIpc) is 2.90. The first kappa shape index (κ1) is 10.8. The lowest BCUT2D eigenvalue weighted by Crippen LogP contribution is -2.05. The molecule has 0 amide bonds. The van der Waals surface area contributed by atoms with E-state index in [1.807, 2.05) is 24.6 Å². The van der Waals surface area contributed by atoms with Crippen molar-refractivity contribution in [1.82, 2.24) is 4.98 Å². The minimum absolute atomic E-state index is 0.938. The monoisotopic (exact) mass is 249 g/mol. The molecule has 2 heteroatoms. The molecule has 4 rings (SSSR count). The Labute approximate surface area is 112 Å². The van der Waals surface area contributed by atoms with Gasteiger partial charge in [-0.05, 0) is 48.9 Å². The number of rotatable bonds is 1. The van der Waals surface area contributed by atoms with Gasteiger partial charge in [0.1, 0.15) is 11.8 Å². The van der Waals surface area contributed by atoms with E-state index >= 15 is 0 Å². The fraction of sp³-hybridized carbons (Fsp3) is 0.235. The van der Waals surface area contributed by atoms with E-state index in [0.717, 1.165) is 28.6 Å². The van der Waals surface area contributed by atoms with Gasteiger partial charge in [0.05, 0.1) is 5.69 Å². The fourth-order valence-corrected chi connectivity index (χ4v) is 3.06. The molecule has 0 spiro atoms. The van der Waals surface area contributed by atoms with Gasteiger partial charge in [-0.2, -0.15) is 0 Å². The Hall–Kier alpha value is -2.09. The van der Waals surface area contributed by atoms with Crippen LogP contribution in [0.2, 0.25) is 0 Å². The summed E-state index contributed by atoms with van der Waals surface area (Å²) < 4.78 is 5.65. The van der Waals surface area contributed by atoms with Gasteiger partial charge in [0.15, 0.2) is 0 Å². The third kappa shape index (κ3) is 1.67. The molecule has 94 valence electrons. The molecule has 0 unspecified atom stereocenters. The quantitative estimate of drug-likeness (QED) is 0.640. The zero-order chi connectivity index (χ0) is 12.7. The number of hydrogen-bond donors (Lipinski definition) is 0. The summed E-state index contributed by atoms with van der Waals surface area (Å²) >= 11 is 0. The van der Waals surface area contributed by atoms with E-state index in [1.54, 1.807) is 0 Å². The maximum atomic E-state index is 5.65. The molecule has 2 nitrogen and oxygen atoms in total. The molecule has 1 aromatic carbocycles. The SMILES string of the molecule is c1ccc2c(-c3nccc4c3CCCC4)coc2c1. The van der Waals surface area contributed by atoms with Crippen LogP contribution in [0.5, 0.6) is 0 Å². The molecule has 1 aliphatic carbocycles. The normalized spacial score (nSPS) is 14.5. The molecule has 0 fully saturated rings. The molecule has 0 saturated heterocycles. The summed E-state index contributed by atoms with van der Waals surface area (Å²) in [5.41, 5.74) is 6.06. The van der Waals surface area contributed by atoms with Crippen molar-refractivity contribution in [3.63, 3.8) is 0 Å². The van der Waals surface area contributed by atoms with Crippen LogP contribution in [0.4, 0.5) is 0 Å². The van der Waals surface area contributed by atoms with Gasteiger partial charge in [-0.3, -0.25) is 4.98 Å². The van der Waals surface area contributed by atoms with Crippen LogP contribution in [-0.4, -0.2) is 4.98 Å². The fourth-order valence-electron chi connectivity index (χ4n) is 3.06. The highest BCUT2D eigenvalue weighted by Crippen LogP contribution is 2.34. The Kier molecular flexibility index (Phi) is 2.41. The van der Waals surface area contributed by atoms with Crippen LogP contribution >= 0.6 is 0 Å². The third-order valence-corrected chi connectivity index (χ3v) is 4.01. The first-order valence-corrected chi connectivity index (χ1v) is 6.87. The van der Waals surface area contributed by atoms with Gasteiger partial charge in [-0.25, -0.2) is 0 Å². The molecule has 0 atom stereocenters. The summed E-state index contributed by atoms with van der Waals surface area (Å²) in [6.45, 7) is 0. The van der Waals surface area contributed by atoms with Crippen molar-refractivity contribution < 1.29 is 4.42 Å². The number of nitrogens with zero attached hydrogens (tertiary/aromatic N) is 1. The van der Waals surface area contributed by atoms with E-state index in [4.69, 9.17) is 4.42 Å². The van der Waals surface area contributed by atoms with E-state index in [1.165, 1.54) is 30.4 Å². The van der Waals surface area contributed by atoms with Crippen molar-refractivity contribution in [2.45, 2.75) is 25.7 Å². The molecule has 0 aliphatic heterocycles. The number of pyridine rings is 1. The van der Waals surface area contributed by atoms with E-state index in [-0.39, 0.29) is 0 Å². The number of furan rings is 1. The smallest absolute Gasteiger partial charge is 0.134 e. The minimum Gasteiger partial charge on any atom is -0.464 e. The average molecular weight is 249 g/mol. The van der Waals surface area contributed by atoms with Crippen LogP contribution in [-0.2, 0) is 12.8 Å². The molecule has 1 aliphatic rings. The lowest BCUT2D eigenvalue weighted by Gasteiger charge is -2.17. The number of aryl methyl sites for hydroxylation is 1. The molecule has 3 aromatic rings. The maximum absolute atomic E-state index is 5.65. The molecular formula is C17H15NO. The van der Waals surface area contributed by atoms with E-state index < -0.39 is 0 Å². The summed E-state index contributed by atoms with van der Waals surface area (Å²) in [6.07, 6.45) is 8.66. The summed E-state index contributed by atoms with van der Waals surface area (Å²) in [4.78, 5) is 4.62. The molecule has 0 N–H and O–H groups in total. The van der Waals surface area contributed by atoms with Crippen LogP contribution < -0.4 is 0 Å². The van der Waals surface area contributed by atoms with Gasteiger partial charge in [-0.15, -0.1) is 0 Å². The van der Waals surface area contributed by atoms with Gasteiger partial charge in [0, 0.05) is 17.1 Å². The molecule has 2 heterocycles.